The Hall–Kier alpha value is -0.0800. The van der Waals surface area contributed by atoms with Crippen LogP contribution >= 0.6 is 0 Å². The molecule has 0 spiro atoms. The third kappa shape index (κ3) is 4.97. The molecule has 0 aromatic heterocycles. The van der Waals surface area contributed by atoms with Gasteiger partial charge >= 0.3 is 0 Å². The van der Waals surface area contributed by atoms with Gasteiger partial charge in [-0.05, 0) is 19.3 Å². The molecule has 0 aliphatic carbocycles. The Bertz CT molecular complexity index is 106. The lowest BCUT2D eigenvalue weighted by Crippen LogP contribution is -2.37. The Balaban J connectivity index is 4.21. The fraction of sp³-hybridized carbons (Fsp3) is 1.00. The van der Waals surface area contributed by atoms with Gasteiger partial charge in [-0.3, -0.25) is 0 Å². The highest BCUT2D eigenvalue weighted by Crippen LogP contribution is 2.25. The normalized spacial score (nSPS) is 12.0. The molecule has 0 bridgehead atoms. The lowest BCUT2D eigenvalue weighted by atomic mass is 9.93. The van der Waals surface area contributed by atoms with Crippen molar-refractivity contribution in [2.45, 2.75) is 58.5 Å². The van der Waals surface area contributed by atoms with E-state index in [1.165, 1.54) is 0 Å². The maximum atomic E-state index is 5.98. The smallest absolute Gasteiger partial charge is 0.0914 e. The number of hydrogen-bond acceptors (Lipinski definition) is 2. The lowest BCUT2D eigenvalue weighted by molar-refractivity contribution is -0.0996. The van der Waals surface area contributed by atoms with Gasteiger partial charge in [0.05, 0.1) is 12.2 Å². The minimum atomic E-state index is -0.0196. The van der Waals surface area contributed by atoms with E-state index in [4.69, 9.17) is 9.47 Å². The summed E-state index contributed by atoms with van der Waals surface area (Å²) in [5, 5.41) is 0. The van der Waals surface area contributed by atoms with Crippen LogP contribution in [0.25, 0.3) is 0 Å². The van der Waals surface area contributed by atoms with Crippen molar-refractivity contribution in [3.63, 3.8) is 0 Å². The molecule has 2 heteroatoms. The second kappa shape index (κ2) is 8.25. The van der Waals surface area contributed by atoms with Gasteiger partial charge < -0.3 is 9.47 Å². The molecule has 0 unspecified atom stereocenters. The number of hydrogen-bond donors (Lipinski definition) is 0. The highest BCUT2D eigenvalue weighted by Gasteiger charge is 2.28. The molecule has 0 aliphatic rings. The topological polar surface area (TPSA) is 18.5 Å². The summed E-state index contributed by atoms with van der Waals surface area (Å²) < 4.78 is 11.3. The summed E-state index contributed by atoms with van der Waals surface area (Å²) in [4.78, 5) is 0. The van der Waals surface area contributed by atoms with E-state index in [9.17, 15) is 0 Å². The summed E-state index contributed by atoms with van der Waals surface area (Å²) in [6.45, 7) is 8.14. The van der Waals surface area contributed by atoms with Crippen molar-refractivity contribution >= 4 is 0 Å². The Morgan fingerprint density at radius 1 is 0.929 bits per heavy atom. The van der Waals surface area contributed by atoms with E-state index < -0.39 is 0 Å². The molecule has 0 saturated heterocycles. The molecule has 14 heavy (non-hydrogen) atoms. The average Bonchev–Trinajstić information content (AvgIpc) is 2.16. The third-order valence-corrected chi connectivity index (χ3v) is 2.43. The predicted molar refractivity (Wildman–Crippen MR) is 60.7 cm³/mol. The van der Waals surface area contributed by atoms with Crippen molar-refractivity contribution in [2.75, 3.05) is 20.3 Å². The van der Waals surface area contributed by atoms with E-state index in [1.54, 1.807) is 7.11 Å². The molecule has 2 nitrogen and oxygen atoms in total. The fourth-order valence-electron chi connectivity index (χ4n) is 1.95. The molecule has 0 heterocycles. The molecule has 0 rings (SSSR count). The Morgan fingerprint density at radius 3 is 1.86 bits per heavy atom. The summed E-state index contributed by atoms with van der Waals surface area (Å²) in [6.07, 6.45) is 5.61. The standard InChI is InChI=1S/C12H26O2/c1-5-8-12(9-6-2,11-13-4)14-10-7-3/h5-11H2,1-4H3. The van der Waals surface area contributed by atoms with E-state index in [2.05, 4.69) is 20.8 Å². The Morgan fingerprint density at radius 2 is 1.50 bits per heavy atom. The molecule has 0 fully saturated rings. The van der Waals surface area contributed by atoms with Crippen molar-refractivity contribution in [1.82, 2.24) is 0 Å². The number of methoxy groups -OCH3 is 1. The van der Waals surface area contributed by atoms with Crippen LogP contribution in [0.15, 0.2) is 0 Å². The largest absolute Gasteiger partial charge is 0.382 e. The first-order chi connectivity index (χ1) is 6.74. The first kappa shape index (κ1) is 13.9. The van der Waals surface area contributed by atoms with E-state index in [0.717, 1.165) is 45.3 Å². The predicted octanol–water partition coefficient (Wildman–Crippen LogP) is 3.40. The van der Waals surface area contributed by atoms with Gasteiger partial charge in [0.15, 0.2) is 0 Å². The first-order valence-corrected chi connectivity index (χ1v) is 5.87. The van der Waals surface area contributed by atoms with Gasteiger partial charge in [0.25, 0.3) is 0 Å². The maximum Gasteiger partial charge on any atom is 0.0914 e. The van der Waals surface area contributed by atoms with Crippen molar-refractivity contribution < 1.29 is 9.47 Å². The van der Waals surface area contributed by atoms with Crippen LogP contribution in [0, 0.1) is 0 Å². The monoisotopic (exact) mass is 202 g/mol. The SMILES string of the molecule is CCCOC(CCC)(CCC)COC. The van der Waals surface area contributed by atoms with E-state index in [1.807, 2.05) is 0 Å². The zero-order chi connectivity index (χ0) is 10.9. The van der Waals surface area contributed by atoms with Crippen molar-refractivity contribution in [2.24, 2.45) is 0 Å². The molecule has 0 aromatic carbocycles. The molecule has 0 aromatic rings. The average molecular weight is 202 g/mol. The highest BCUT2D eigenvalue weighted by molar-refractivity contribution is 4.79. The van der Waals surface area contributed by atoms with Crippen LogP contribution in [0.1, 0.15) is 52.9 Å². The van der Waals surface area contributed by atoms with Gasteiger partial charge in [-0.1, -0.05) is 33.6 Å². The van der Waals surface area contributed by atoms with Gasteiger partial charge in [-0.2, -0.15) is 0 Å². The second-order valence-corrected chi connectivity index (χ2v) is 3.96. The quantitative estimate of drug-likeness (QED) is 0.570. The van der Waals surface area contributed by atoms with Crippen LogP contribution in [0.3, 0.4) is 0 Å². The first-order valence-electron chi connectivity index (χ1n) is 5.87. The van der Waals surface area contributed by atoms with Crippen LogP contribution in [0.5, 0.6) is 0 Å². The molecular weight excluding hydrogens is 176 g/mol. The summed E-state index contributed by atoms with van der Waals surface area (Å²) in [7, 11) is 1.76. The van der Waals surface area contributed by atoms with Gasteiger partial charge in [0, 0.05) is 13.7 Å². The molecule has 0 amide bonds. The molecule has 0 aliphatic heterocycles. The summed E-state index contributed by atoms with van der Waals surface area (Å²) >= 11 is 0. The van der Waals surface area contributed by atoms with E-state index in [-0.39, 0.29) is 5.60 Å². The van der Waals surface area contributed by atoms with Crippen molar-refractivity contribution in [1.29, 1.82) is 0 Å². The fourth-order valence-corrected chi connectivity index (χ4v) is 1.95. The summed E-state index contributed by atoms with van der Waals surface area (Å²) in [5.41, 5.74) is -0.0196. The van der Waals surface area contributed by atoms with E-state index >= 15 is 0 Å². The zero-order valence-corrected chi connectivity index (χ0v) is 10.3. The van der Waals surface area contributed by atoms with Gasteiger partial charge in [-0.25, -0.2) is 0 Å². The number of ether oxygens (including phenoxy) is 2. The van der Waals surface area contributed by atoms with Gasteiger partial charge in [-0.15, -0.1) is 0 Å². The van der Waals surface area contributed by atoms with Crippen LogP contribution in [-0.2, 0) is 9.47 Å². The third-order valence-electron chi connectivity index (χ3n) is 2.43. The molecule has 0 atom stereocenters. The van der Waals surface area contributed by atoms with Crippen LogP contribution in [-0.4, -0.2) is 25.9 Å². The maximum absolute atomic E-state index is 5.98. The number of rotatable bonds is 9. The van der Waals surface area contributed by atoms with E-state index in [0.29, 0.717) is 0 Å². The lowest BCUT2D eigenvalue weighted by Gasteiger charge is -2.33. The molecule has 0 radical (unpaired) electrons. The molecule has 0 saturated carbocycles. The summed E-state index contributed by atoms with van der Waals surface area (Å²) in [6, 6.07) is 0. The summed E-state index contributed by atoms with van der Waals surface area (Å²) in [5.74, 6) is 0. The van der Waals surface area contributed by atoms with Crippen LogP contribution < -0.4 is 0 Å². The molecular formula is C12H26O2. The highest BCUT2D eigenvalue weighted by atomic mass is 16.5. The van der Waals surface area contributed by atoms with Crippen molar-refractivity contribution in [3.8, 4) is 0 Å². The molecule has 86 valence electrons. The second-order valence-electron chi connectivity index (χ2n) is 3.96. The van der Waals surface area contributed by atoms with Gasteiger partial charge in [0.2, 0.25) is 0 Å². The minimum absolute atomic E-state index is 0.0196. The zero-order valence-electron chi connectivity index (χ0n) is 10.3. The molecule has 0 N–H and O–H groups in total. The minimum Gasteiger partial charge on any atom is -0.382 e. The Kier molecular flexibility index (Phi) is 8.20. The Labute approximate surface area is 89.0 Å². The van der Waals surface area contributed by atoms with Crippen LogP contribution in [0.2, 0.25) is 0 Å². The van der Waals surface area contributed by atoms with Crippen molar-refractivity contribution in [3.05, 3.63) is 0 Å². The van der Waals surface area contributed by atoms with Gasteiger partial charge in [0.1, 0.15) is 0 Å². The van der Waals surface area contributed by atoms with Crippen LogP contribution in [0.4, 0.5) is 0 Å².